The first-order valence-corrected chi connectivity index (χ1v) is 7.57. The van der Waals surface area contributed by atoms with Crippen LogP contribution in [0.5, 0.6) is 0 Å². The van der Waals surface area contributed by atoms with Crippen LogP contribution in [0.2, 0.25) is 0 Å². The summed E-state index contributed by atoms with van der Waals surface area (Å²) >= 11 is 0. The van der Waals surface area contributed by atoms with Crippen molar-refractivity contribution < 1.29 is 0 Å². The molecule has 0 radical (unpaired) electrons. The Hall–Kier alpha value is -1.09. The molecule has 0 aliphatic carbocycles. The lowest BCUT2D eigenvalue weighted by Gasteiger charge is -2.24. The smallest absolute Gasteiger partial charge is 0.0564 e. The summed E-state index contributed by atoms with van der Waals surface area (Å²) in [5, 5.41) is 0. The predicted octanol–water partition coefficient (Wildman–Crippen LogP) is 3.30. The van der Waals surface area contributed by atoms with Crippen LogP contribution in [0.4, 0.5) is 5.69 Å². The number of pyridine rings is 1. The number of rotatable bonds is 6. The lowest BCUT2D eigenvalue weighted by Crippen LogP contribution is -2.29. The highest BCUT2D eigenvalue weighted by Gasteiger charge is 2.24. The molecule has 0 saturated carbocycles. The Morgan fingerprint density at radius 2 is 2.26 bits per heavy atom. The highest BCUT2D eigenvalue weighted by atomic mass is 15.2. The van der Waals surface area contributed by atoms with Gasteiger partial charge in [-0.15, -0.1) is 0 Å². The van der Waals surface area contributed by atoms with Crippen LogP contribution in [-0.2, 0) is 6.54 Å². The molecule has 1 aliphatic heterocycles. The SMILES string of the molecule is CCCCC1CCCN1Cc1cc(N(C)C)ccn1. The van der Waals surface area contributed by atoms with Crippen molar-refractivity contribution in [3.8, 4) is 0 Å². The van der Waals surface area contributed by atoms with Crippen LogP contribution in [0.1, 0.15) is 44.7 Å². The number of anilines is 1. The summed E-state index contributed by atoms with van der Waals surface area (Å²) in [6, 6.07) is 5.07. The van der Waals surface area contributed by atoms with Crippen LogP contribution < -0.4 is 4.90 Å². The number of likely N-dealkylation sites (tertiary alicyclic amines) is 1. The van der Waals surface area contributed by atoms with Gasteiger partial charge >= 0.3 is 0 Å². The fourth-order valence-electron chi connectivity index (χ4n) is 2.91. The summed E-state index contributed by atoms with van der Waals surface area (Å²) in [5.74, 6) is 0. The van der Waals surface area contributed by atoms with E-state index in [2.05, 4.69) is 47.9 Å². The molecule has 1 atom stereocenters. The van der Waals surface area contributed by atoms with E-state index in [1.165, 1.54) is 50.0 Å². The Balaban J connectivity index is 1.97. The van der Waals surface area contributed by atoms with Gasteiger partial charge in [-0.25, -0.2) is 0 Å². The van der Waals surface area contributed by atoms with Gasteiger partial charge in [0.2, 0.25) is 0 Å². The third-order valence-corrected chi connectivity index (χ3v) is 4.07. The molecule has 2 heterocycles. The number of aromatic nitrogens is 1. The summed E-state index contributed by atoms with van der Waals surface area (Å²) < 4.78 is 0. The van der Waals surface area contributed by atoms with Gasteiger partial charge in [0.05, 0.1) is 5.69 Å². The number of hydrogen-bond donors (Lipinski definition) is 0. The van der Waals surface area contributed by atoms with Crippen molar-refractivity contribution in [1.29, 1.82) is 0 Å². The van der Waals surface area contributed by atoms with Gasteiger partial charge in [-0.05, 0) is 37.9 Å². The van der Waals surface area contributed by atoms with Crippen LogP contribution in [0.25, 0.3) is 0 Å². The van der Waals surface area contributed by atoms with Gasteiger partial charge in [0.1, 0.15) is 0 Å². The largest absolute Gasteiger partial charge is 0.378 e. The molecule has 106 valence electrons. The first kappa shape index (κ1) is 14.3. The molecule has 1 aromatic rings. The Morgan fingerprint density at radius 1 is 1.42 bits per heavy atom. The second kappa shape index (κ2) is 6.90. The Morgan fingerprint density at radius 3 is 3.00 bits per heavy atom. The Kier molecular flexibility index (Phi) is 5.20. The second-order valence-corrected chi connectivity index (χ2v) is 5.81. The molecule has 3 heteroatoms. The third-order valence-electron chi connectivity index (χ3n) is 4.07. The van der Waals surface area contributed by atoms with E-state index in [0.29, 0.717) is 0 Å². The summed E-state index contributed by atoms with van der Waals surface area (Å²) in [7, 11) is 4.16. The highest BCUT2D eigenvalue weighted by Crippen LogP contribution is 2.24. The standard InChI is InChI=1S/C16H27N3/c1-4-5-7-15-8-6-11-19(15)13-14-12-16(18(2)3)9-10-17-14/h9-10,12,15H,4-8,11,13H2,1-3H3. The van der Waals surface area contributed by atoms with Crippen molar-refractivity contribution >= 4 is 5.69 Å². The van der Waals surface area contributed by atoms with E-state index in [-0.39, 0.29) is 0 Å². The second-order valence-electron chi connectivity index (χ2n) is 5.81. The fourth-order valence-corrected chi connectivity index (χ4v) is 2.91. The lowest BCUT2D eigenvalue weighted by molar-refractivity contribution is 0.228. The average molecular weight is 261 g/mol. The van der Waals surface area contributed by atoms with Crippen molar-refractivity contribution in [3.63, 3.8) is 0 Å². The van der Waals surface area contributed by atoms with E-state index in [1.54, 1.807) is 0 Å². The van der Waals surface area contributed by atoms with E-state index in [0.717, 1.165) is 12.6 Å². The molecule has 3 nitrogen and oxygen atoms in total. The first-order chi connectivity index (χ1) is 9.20. The van der Waals surface area contributed by atoms with Crippen molar-refractivity contribution in [2.75, 3.05) is 25.5 Å². The summed E-state index contributed by atoms with van der Waals surface area (Å²) in [6.07, 6.45) is 8.66. The normalized spacial score (nSPS) is 19.8. The van der Waals surface area contributed by atoms with E-state index < -0.39 is 0 Å². The van der Waals surface area contributed by atoms with E-state index >= 15 is 0 Å². The third kappa shape index (κ3) is 3.93. The van der Waals surface area contributed by atoms with Crippen molar-refractivity contribution in [3.05, 3.63) is 24.0 Å². The number of unbranched alkanes of at least 4 members (excludes halogenated alkanes) is 1. The molecule has 0 aromatic carbocycles. The molecule has 1 saturated heterocycles. The van der Waals surface area contributed by atoms with Crippen molar-refractivity contribution in [2.24, 2.45) is 0 Å². The zero-order valence-corrected chi connectivity index (χ0v) is 12.6. The van der Waals surface area contributed by atoms with Crippen LogP contribution in [0, 0.1) is 0 Å². The minimum Gasteiger partial charge on any atom is -0.378 e. The van der Waals surface area contributed by atoms with Crippen molar-refractivity contribution in [2.45, 2.75) is 51.6 Å². The molecule has 0 amide bonds. The molecular weight excluding hydrogens is 234 g/mol. The lowest BCUT2D eigenvalue weighted by atomic mass is 10.1. The summed E-state index contributed by atoms with van der Waals surface area (Å²) in [6.45, 7) is 4.53. The zero-order valence-electron chi connectivity index (χ0n) is 12.6. The van der Waals surface area contributed by atoms with Gasteiger partial charge in [0.25, 0.3) is 0 Å². The Labute approximate surface area is 117 Å². The van der Waals surface area contributed by atoms with Gasteiger partial charge < -0.3 is 4.90 Å². The zero-order chi connectivity index (χ0) is 13.7. The van der Waals surface area contributed by atoms with Crippen LogP contribution in [0.15, 0.2) is 18.3 Å². The van der Waals surface area contributed by atoms with Gasteiger partial charge in [-0.3, -0.25) is 9.88 Å². The maximum absolute atomic E-state index is 4.53. The van der Waals surface area contributed by atoms with E-state index in [1.807, 2.05) is 6.20 Å². The van der Waals surface area contributed by atoms with Gasteiger partial charge in [-0.2, -0.15) is 0 Å². The molecule has 0 bridgehead atoms. The molecule has 19 heavy (non-hydrogen) atoms. The molecule has 0 spiro atoms. The Bertz CT molecular complexity index is 389. The molecule has 1 fully saturated rings. The molecule has 2 rings (SSSR count). The minimum absolute atomic E-state index is 0.782. The first-order valence-electron chi connectivity index (χ1n) is 7.57. The molecular formula is C16H27N3. The maximum atomic E-state index is 4.53. The predicted molar refractivity (Wildman–Crippen MR) is 81.5 cm³/mol. The van der Waals surface area contributed by atoms with Gasteiger partial charge in [0, 0.05) is 38.6 Å². The monoisotopic (exact) mass is 261 g/mol. The fraction of sp³-hybridized carbons (Fsp3) is 0.688. The van der Waals surface area contributed by atoms with E-state index in [4.69, 9.17) is 0 Å². The summed E-state index contributed by atoms with van der Waals surface area (Å²) in [4.78, 5) is 9.30. The molecule has 1 aromatic heterocycles. The number of hydrogen-bond acceptors (Lipinski definition) is 3. The van der Waals surface area contributed by atoms with Crippen LogP contribution in [-0.4, -0.2) is 36.6 Å². The molecule has 1 unspecified atom stereocenters. The van der Waals surface area contributed by atoms with Crippen LogP contribution in [0.3, 0.4) is 0 Å². The van der Waals surface area contributed by atoms with E-state index in [9.17, 15) is 0 Å². The highest BCUT2D eigenvalue weighted by molar-refractivity contribution is 5.44. The molecule has 1 aliphatic rings. The minimum atomic E-state index is 0.782. The molecule has 0 N–H and O–H groups in total. The van der Waals surface area contributed by atoms with Crippen molar-refractivity contribution in [1.82, 2.24) is 9.88 Å². The van der Waals surface area contributed by atoms with Gasteiger partial charge in [0.15, 0.2) is 0 Å². The number of nitrogens with zero attached hydrogens (tertiary/aromatic N) is 3. The quantitative estimate of drug-likeness (QED) is 0.783. The van der Waals surface area contributed by atoms with Crippen LogP contribution >= 0.6 is 0 Å². The van der Waals surface area contributed by atoms with Gasteiger partial charge in [-0.1, -0.05) is 19.8 Å². The topological polar surface area (TPSA) is 19.4 Å². The summed E-state index contributed by atoms with van der Waals surface area (Å²) in [5.41, 5.74) is 2.45. The maximum Gasteiger partial charge on any atom is 0.0564 e. The average Bonchev–Trinajstić information content (AvgIpc) is 2.84.